The van der Waals surface area contributed by atoms with Crippen molar-refractivity contribution in [2.75, 3.05) is 0 Å². The van der Waals surface area contributed by atoms with Gasteiger partial charge in [-0.25, -0.2) is 0 Å². The summed E-state index contributed by atoms with van der Waals surface area (Å²) in [7, 11) is 0. The van der Waals surface area contributed by atoms with E-state index in [1.54, 1.807) is 6.07 Å². The van der Waals surface area contributed by atoms with Crippen molar-refractivity contribution in [3.63, 3.8) is 0 Å². The first kappa shape index (κ1) is 15.4. The molecule has 0 spiro atoms. The fourth-order valence-corrected chi connectivity index (χ4v) is 3.13. The fraction of sp³-hybridized carbons (Fsp3) is 0.500. The molecule has 1 aliphatic carbocycles. The smallest absolute Gasteiger partial charge is 0.0641 e. The molecule has 5 heteroatoms. The predicted octanol–water partition coefficient (Wildman–Crippen LogP) is 5.26. The van der Waals surface area contributed by atoms with E-state index in [9.17, 15) is 0 Å². The Kier molecular flexibility index (Phi) is 5.88. The monoisotopic (exact) mass is 313 g/mol. The molecule has 1 aliphatic rings. The number of hydrogen-bond donors (Lipinski definition) is 1. The highest BCUT2D eigenvalue weighted by atomic mass is 35.5. The summed E-state index contributed by atoms with van der Waals surface area (Å²) in [5.41, 5.74) is 7.12. The van der Waals surface area contributed by atoms with Gasteiger partial charge in [-0.05, 0) is 36.5 Å². The first-order chi connectivity index (χ1) is 7.59. The Bertz CT molecular complexity index is 388. The molecular formula is C12H15Cl4N. The molecule has 1 atom stereocenters. The number of hydrogen-bond acceptors (Lipinski definition) is 1. The van der Waals surface area contributed by atoms with Crippen molar-refractivity contribution in [1.82, 2.24) is 0 Å². The molecule has 0 bridgehead atoms. The quantitative estimate of drug-likeness (QED) is 0.740. The maximum atomic E-state index is 6.24. The summed E-state index contributed by atoms with van der Waals surface area (Å²) in [6.45, 7) is 0. The van der Waals surface area contributed by atoms with Crippen molar-refractivity contribution in [3.05, 3.63) is 32.8 Å². The van der Waals surface area contributed by atoms with E-state index in [0.717, 1.165) is 5.56 Å². The van der Waals surface area contributed by atoms with Gasteiger partial charge in [0.2, 0.25) is 0 Å². The maximum Gasteiger partial charge on any atom is 0.0641 e. The predicted molar refractivity (Wildman–Crippen MR) is 77.6 cm³/mol. The Morgan fingerprint density at radius 1 is 1.12 bits per heavy atom. The van der Waals surface area contributed by atoms with Crippen LogP contribution in [0.1, 0.15) is 37.3 Å². The minimum atomic E-state index is -0.0498. The Hall–Kier alpha value is 0.340. The molecule has 0 amide bonds. The molecule has 1 saturated carbocycles. The van der Waals surface area contributed by atoms with Crippen molar-refractivity contribution < 1.29 is 0 Å². The second-order valence-corrected chi connectivity index (χ2v) is 5.58. The van der Waals surface area contributed by atoms with E-state index in [1.165, 1.54) is 25.7 Å². The van der Waals surface area contributed by atoms with E-state index >= 15 is 0 Å². The highest BCUT2D eigenvalue weighted by molar-refractivity contribution is 6.43. The molecule has 0 aliphatic heterocycles. The third-order valence-corrected chi connectivity index (χ3v) is 4.32. The average Bonchev–Trinajstić information content (AvgIpc) is 2.75. The van der Waals surface area contributed by atoms with Crippen LogP contribution in [0.2, 0.25) is 15.1 Å². The van der Waals surface area contributed by atoms with Gasteiger partial charge in [-0.15, -0.1) is 12.4 Å². The molecule has 0 aromatic heterocycles. The third-order valence-electron chi connectivity index (χ3n) is 3.29. The van der Waals surface area contributed by atoms with Crippen LogP contribution in [-0.2, 0) is 0 Å². The van der Waals surface area contributed by atoms with E-state index in [-0.39, 0.29) is 18.4 Å². The summed E-state index contributed by atoms with van der Waals surface area (Å²) >= 11 is 18.1. The normalized spacial score (nSPS) is 17.9. The van der Waals surface area contributed by atoms with Crippen molar-refractivity contribution in [2.24, 2.45) is 11.7 Å². The first-order valence-electron chi connectivity index (χ1n) is 5.49. The van der Waals surface area contributed by atoms with Gasteiger partial charge in [0, 0.05) is 11.1 Å². The molecule has 0 saturated heterocycles. The van der Waals surface area contributed by atoms with Gasteiger partial charge < -0.3 is 5.73 Å². The Labute approximate surface area is 123 Å². The van der Waals surface area contributed by atoms with E-state index in [0.29, 0.717) is 21.0 Å². The Morgan fingerprint density at radius 2 is 1.71 bits per heavy atom. The molecule has 0 unspecified atom stereocenters. The van der Waals surface area contributed by atoms with Crippen molar-refractivity contribution in [3.8, 4) is 0 Å². The summed E-state index contributed by atoms with van der Waals surface area (Å²) < 4.78 is 0. The third kappa shape index (κ3) is 3.42. The van der Waals surface area contributed by atoms with Crippen LogP contribution in [0.25, 0.3) is 0 Å². The highest BCUT2D eigenvalue weighted by Gasteiger charge is 2.25. The average molecular weight is 315 g/mol. The molecule has 2 rings (SSSR count). The van der Waals surface area contributed by atoms with Gasteiger partial charge in [0.15, 0.2) is 0 Å². The molecule has 0 radical (unpaired) electrons. The molecule has 2 N–H and O–H groups in total. The van der Waals surface area contributed by atoms with Crippen LogP contribution >= 0.6 is 47.2 Å². The van der Waals surface area contributed by atoms with E-state index in [2.05, 4.69) is 0 Å². The molecule has 1 nitrogen and oxygen atoms in total. The van der Waals surface area contributed by atoms with Crippen LogP contribution in [0, 0.1) is 5.92 Å². The van der Waals surface area contributed by atoms with Crippen molar-refractivity contribution in [1.29, 1.82) is 0 Å². The lowest BCUT2D eigenvalue weighted by molar-refractivity contribution is 0.445. The van der Waals surface area contributed by atoms with Gasteiger partial charge in [-0.2, -0.15) is 0 Å². The number of benzene rings is 1. The first-order valence-corrected chi connectivity index (χ1v) is 6.63. The second-order valence-electron chi connectivity index (χ2n) is 4.36. The van der Waals surface area contributed by atoms with Crippen LogP contribution in [-0.4, -0.2) is 0 Å². The lowest BCUT2D eigenvalue weighted by Crippen LogP contribution is -2.19. The van der Waals surface area contributed by atoms with Crippen LogP contribution in [0.5, 0.6) is 0 Å². The molecular weight excluding hydrogens is 300 g/mol. The summed E-state index contributed by atoms with van der Waals surface area (Å²) in [5.74, 6) is 0.507. The zero-order valence-corrected chi connectivity index (χ0v) is 12.3. The van der Waals surface area contributed by atoms with Gasteiger partial charge in [0.05, 0.1) is 10.0 Å². The van der Waals surface area contributed by atoms with Crippen LogP contribution in [0.15, 0.2) is 12.1 Å². The summed E-state index contributed by atoms with van der Waals surface area (Å²) in [5, 5.41) is 1.63. The SMILES string of the molecule is Cl.N[C@H](c1cc(Cl)cc(Cl)c1Cl)C1CCCC1. The molecule has 1 aromatic rings. The van der Waals surface area contributed by atoms with Crippen molar-refractivity contribution in [2.45, 2.75) is 31.7 Å². The standard InChI is InChI=1S/C12H14Cl3N.ClH/c13-8-5-9(11(15)10(14)6-8)12(16)7-3-1-2-4-7;/h5-7,12H,1-4,16H2;1H/t12-;/m0./s1. The van der Waals surface area contributed by atoms with Gasteiger partial charge >= 0.3 is 0 Å². The van der Waals surface area contributed by atoms with E-state index in [1.807, 2.05) is 6.07 Å². The lowest BCUT2D eigenvalue weighted by atomic mass is 9.92. The zero-order chi connectivity index (χ0) is 11.7. The maximum absolute atomic E-state index is 6.24. The van der Waals surface area contributed by atoms with Crippen molar-refractivity contribution >= 4 is 47.2 Å². The molecule has 96 valence electrons. The minimum Gasteiger partial charge on any atom is -0.324 e. The van der Waals surface area contributed by atoms with Crippen LogP contribution in [0.4, 0.5) is 0 Å². The summed E-state index contributed by atoms with van der Waals surface area (Å²) in [6, 6.07) is 3.43. The summed E-state index contributed by atoms with van der Waals surface area (Å²) in [6.07, 6.45) is 4.85. The van der Waals surface area contributed by atoms with Gasteiger partial charge in [-0.1, -0.05) is 47.6 Å². The second kappa shape index (κ2) is 6.49. The molecule has 0 heterocycles. The topological polar surface area (TPSA) is 26.0 Å². The summed E-state index contributed by atoms with van der Waals surface area (Å²) in [4.78, 5) is 0. The highest BCUT2D eigenvalue weighted by Crippen LogP contribution is 2.39. The van der Waals surface area contributed by atoms with Crippen LogP contribution < -0.4 is 5.73 Å². The van der Waals surface area contributed by atoms with Gasteiger partial charge in [0.25, 0.3) is 0 Å². The van der Waals surface area contributed by atoms with Gasteiger partial charge in [0.1, 0.15) is 0 Å². The number of nitrogens with two attached hydrogens (primary N) is 1. The molecule has 1 aromatic carbocycles. The Balaban J connectivity index is 0.00000144. The minimum absolute atomic E-state index is 0. The number of halogens is 4. The van der Waals surface area contributed by atoms with E-state index < -0.39 is 0 Å². The fourth-order valence-electron chi connectivity index (χ4n) is 2.39. The Morgan fingerprint density at radius 3 is 2.29 bits per heavy atom. The lowest BCUT2D eigenvalue weighted by Gasteiger charge is -2.21. The van der Waals surface area contributed by atoms with E-state index in [4.69, 9.17) is 40.5 Å². The largest absolute Gasteiger partial charge is 0.324 e. The molecule has 17 heavy (non-hydrogen) atoms. The van der Waals surface area contributed by atoms with Gasteiger partial charge in [-0.3, -0.25) is 0 Å². The van der Waals surface area contributed by atoms with Crippen LogP contribution in [0.3, 0.4) is 0 Å². The number of rotatable bonds is 2. The zero-order valence-electron chi connectivity index (χ0n) is 9.26. The molecule has 1 fully saturated rings.